The number of aliphatic carboxylic acids is 1. The summed E-state index contributed by atoms with van der Waals surface area (Å²) in [5, 5.41) is 9.85. The second-order valence-electron chi connectivity index (χ2n) is 12.7. The first-order valence-corrected chi connectivity index (χ1v) is 16.8. The van der Waals surface area contributed by atoms with Crippen molar-refractivity contribution in [3.05, 3.63) is 42.2 Å². The van der Waals surface area contributed by atoms with Gasteiger partial charge in [0.15, 0.2) is 0 Å². The molecule has 6 nitrogen and oxygen atoms in total. The molecular formula is C30H31F6NO5S2. The van der Waals surface area contributed by atoms with Crippen molar-refractivity contribution in [3.8, 4) is 5.75 Å². The van der Waals surface area contributed by atoms with Crippen LogP contribution in [0.2, 0.25) is 0 Å². The number of ether oxygens (including phenoxy) is 1. The third-order valence-corrected chi connectivity index (χ3v) is 12.5. The summed E-state index contributed by atoms with van der Waals surface area (Å²) >= 11 is 1.38. The number of halogens is 6. The van der Waals surface area contributed by atoms with Gasteiger partial charge in [0.1, 0.15) is 23.6 Å². The molecule has 1 spiro atoms. The molecule has 0 amide bonds. The highest BCUT2D eigenvalue weighted by Crippen LogP contribution is 2.65. The molecule has 1 aliphatic heterocycles. The fraction of sp³-hybridized carbons (Fsp3) is 0.567. The minimum atomic E-state index is -4.80. The molecule has 3 aliphatic carbocycles. The maximum atomic E-state index is 15.9. The van der Waals surface area contributed by atoms with Gasteiger partial charge in [-0.3, -0.25) is 4.79 Å². The van der Waals surface area contributed by atoms with Crippen molar-refractivity contribution in [2.75, 3.05) is 18.1 Å². The normalized spacial score (nSPS) is 25.9. The summed E-state index contributed by atoms with van der Waals surface area (Å²) in [5.41, 5.74) is -3.79. The number of alkyl halides is 5. The Morgan fingerprint density at radius 2 is 1.77 bits per heavy atom. The number of carboxylic acid groups (broad SMARTS) is 1. The molecule has 2 atom stereocenters. The number of hydrogen-bond donors (Lipinski definition) is 1. The van der Waals surface area contributed by atoms with Crippen LogP contribution in [-0.2, 0) is 14.6 Å². The van der Waals surface area contributed by atoms with Crippen molar-refractivity contribution in [2.45, 2.75) is 84.3 Å². The van der Waals surface area contributed by atoms with Crippen LogP contribution in [0, 0.1) is 22.6 Å². The molecule has 44 heavy (non-hydrogen) atoms. The standard InChI is InChI=1S/C30H31F6NO5S2/c31-18-2-4-19(5-3-18)37-13-17(1-6-25(32)33)26(34)44(40,41)24-10-22(42-16-29(27(38)39)14-30(35,36)15-29)23(9-21(24)37)43-20-11-28(12-20)7-8-28/h2-5,9-10,17,20,25-26H,1,6-8,11-16H2,(H,38,39)/t17-,26+/m1/s1. The quantitative estimate of drug-likeness (QED) is 0.262. The molecule has 2 aromatic rings. The van der Waals surface area contributed by atoms with Crippen LogP contribution < -0.4 is 9.64 Å². The predicted octanol–water partition coefficient (Wildman–Crippen LogP) is 7.62. The van der Waals surface area contributed by atoms with Gasteiger partial charge in [-0.05, 0) is 67.9 Å². The third kappa shape index (κ3) is 5.88. The van der Waals surface area contributed by atoms with Crippen LogP contribution in [0.5, 0.6) is 5.75 Å². The number of carbonyl (C=O) groups is 1. The molecule has 1 N–H and O–H groups in total. The van der Waals surface area contributed by atoms with E-state index in [2.05, 4.69) is 0 Å². The van der Waals surface area contributed by atoms with Crippen molar-refractivity contribution in [1.82, 2.24) is 0 Å². The van der Waals surface area contributed by atoms with Gasteiger partial charge in [0.25, 0.3) is 5.92 Å². The Morgan fingerprint density at radius 3 is 2.34 bits per heavy atom. The molecule has 0 radical (unpaired) electrons. The maximum absolute atomic E-state index is 15.9. The number of anilines is 2. The van der Waals surface area contributed by atoms with Crippen molar-refractivity contribution >= 4 is 38.9 Å². The van der Waals surface area contributed by atoms with E-state index in [1.165, 1.54) is 34.9 Å². The van der Waals surface area contributed by atoms with Gasteiger partial charge < -0.3 is 14.7 Å². The van der Waals surface area contributed by atoms with Crippen LogP contribution in [-0.4, -0.2) is 55.7 Å². The van der Waals surface area contributed by atoms with Gasteiger partial charge in [-0.1, -0.05) is 0 Å². The zero-order chi connectivity index (χ0) is 31.7. The monoisotopic (exact) mass is 663 g/mol. The first kappa shape index (κ1) is 31.4. The molecule has 2 aromatic carbocycles. The van der Waals surface area contributed by atoms with Crippen molar-refractivity contribution in [3.63, 3.8) is 0 Å². The van der Waals surface area contributed by atoms with Gasteiger partial charge in [-0.2, -0.15) is 0 Å². The van der Waals surface area contributed by atoms with Gasteiger partial charge in [0, 0.05) is 48.7 Å². The average Bonchev–Trinajstić information content (AvgIpc) is 3.72. The highest BCUT2D eigenvalue weighted by atomic mass is 32.2. The first-order valence-electron chi connectivity index (χ1n) is 14.4. The molecular weight excluding hydrogens is 632 g/mol. The van der Waals surface area contributed by atoms with E-state index in [-0.39, 0.29) is 23.2 Å². The van der Waals surface area contributed by atoms with Gasteiger partial charge in [-0.15, -0.1) is 11.8 Å². The molecule has 3 fully saturated rings. The highest BCUT2D eigenvalue weighted by Gasteiger charge is 2.62. The van der Waals surface area contributed by atoms with Gasteiger partial charge in [-0.25, -0.2) is 34.8 Å². The minimum Gasteiger partial charge on any atom is -0.491 e. The van der Waals surface area contributed by atoms with Crippen molar-refractivity contribution < 1.29 is 49.4 Å². The zero-order valence-corrected chi connectivity index (χ0v) is 25.1. The molecule has 240 valence electrons. The molecule has 14 heteroatoms. The van der Waals surface area contributed by atoms with E-state index in [9.17, 15) is 40.3 Å². The summed E-state index contributed by atoms with van der Waals surface area (Å²) in [6.45, 7) is -0.948. The Morgan fingerprint density at radius 1 is 1.11 bits per heavy atom. The van der Waals surface area contributed by atoms with Crippen LogP contribution in [0.3, 0.4) is 0 Å². The van der Waals surface area contributed by atoms with E-state index in [0.29, 0.717) is 16.0 Å². The highest BCUT2D eigenvalue weighted by molar-refractivity contribution is 8.00. The molecule has 0 bridgehead atoms. The maximum Gasteiger partial charge on any atom is 0.313 e. The van der Waals surface area contributed by atoms with Gasteiger partial charge in [0.05, 0.1) is 15.5 Å². The van der Waals surface area contributed by atoms with E-state index in [0.717, 1.165) is 43.9 Å². The topological polar surface area (TPSA) is 83.9 Å². The minimum absolute atomic E-state index is 0.0391. The predicted molar refractivity (Wildman–Crippen MR) is 151 cm³/mol. The Balaban J connectivity index is 1.43. The summed E-state index contributed by atoms with van der Waals surface area (Å²) in [5.74, 6) is -6.65. The average molecular weight is 664 g/mol. The number of sulfone groups is 1. The summed E-state index contributed by atoms with van der Waals surface area (Å²) < 4.78 is 117. The lowest BCUT2D eigenvalue weighted by Gasteiger charge is -2.43. The number of carboxylic acids is 1. The summed E-state index contributed by atoms with van der Waals surface area (Å²) in [4.78, 5) is 13.3. The SMILES string of the molecule is O=C(O)C1(COc2cc3c(cc2SC2CC4(CC4)C2)N(c2ccc(F)cc2)C[C@@H](CCC(F)F)[C@@H](F)S3(=O)=O)CC(F)(F)C1. The number of nitrogens with zero attached hydrogens (tertiary/aromatic N) is 1. The molecule has 3 saturated carbocycles. The molecule has 1 heterocycles. The Bertz CT molecular complexity index is 1530. The number of thioether (sulfide) groups is 1. The number of rotatable bonds is 10. The molecule has 0 aromatic heterocycles. The van der Waals surface area contributed by atoms with E-state index in [1.807, 2.05) is 0 Å². The second-order valence-corrected chi connectivity index (χ2v) is 16.0. The van der Waals surface area contributed by atoms with E-state index in [1.54, 1.807) is 0 Å². The lowest BCUT2D eigenvalue weighted by atomic mass is 9.66. The van der Waals surface area contributed by atoms with Gasteiger partial charge >= 0.3 is 5.97 Å². The van der Waals surface area contributed by atoms with Crippen molar-refractivity contribution in [1.29, 1.82) is 0 Å². The summed E-state index contributed by atoms with van der Waals surface area (Å²) in [7, 11) is -4.80. The molecule has 0 unspecified atom stereocenters. The van der Waals surface area contributed by atoms with Crippen LogP contribution in [0.4, 0.5) is 37.7 Å². The van der Waals surface area contributed by atoms with E-state index in [4.69, 9.17) is 4.74 Å². The molecule has 4 aliphatic rings. The second kappa shape index (κ2) is 11.0. The molecule has 6 rings (SSSR count). The third-order valence-electron chi connectivity index (χ3n) is 9.32. The Hall–Kier alpha value is -2.61. The Labute approximate surface area is 255 Å². The van der Waals surface area contributed by atoms with E-state index >= 15 is 4.39 Å². The lowest BCUT2D eigenvalue weighted by molar-refractivity contribution is -0.199. The summed E-state index contributed by atoms with van der Waals surface area (Å²) in [6.07, 6.45) is -1.79. The summed E-state index contributed by atoms with van der Waals surface area (Å²) in [6, 6.07) is 7.62. The largest absolute Gasteiger partial charge is 0.491 e. The van der Waals surface area contributed by atoms with Crippen LogP contribution in [0.25, 0.3) is 0 Å². The Kier molecular flexibility index (Phi) is 7.86. The van der Waals surface area contributed by atoms with Crippen LogP contribution in [0.15, 0.2) is 46.2 Å². The van der Waals surface area contributed by atoms with Crippen LogP contribution >= 0.6 is 11.8 Å². The van der Waals surface area contributed by atoms with Crippen LogP contribution in [0.1, 0.15) is 51.4 Å². The number of fused-ring (bicyclic) bond motifs is 1. The fourth-order valence-electron chi connectivity index (χ4n) is 6.62. The number of benzene rings is 2. The zero-order valence-electron chi connectivity index (χ0n) is 23.5. The first-order chi connectivity index (χ1) is 20.6. The van der Waals surface area contributed by atoms with Crippen molar-refractivity contribution in [2.24, 2.45) is 16.7 Å². The number of hydrogen-bond acceptors (Lipinski definition) is 6. The molecule has 0 saturated heterocycles. The van der Waals surface area contributed by atoms with Gasteiger partial charge in [0.2, 0.25) is 21.8 Å². The smallest absolute Gasteiger partial charge is 0.313 e. The fourth-order valence-corrected chi connectivity index (χ4v) is 9.97. The van der Waals surface area contributed by atoms with E-state index < -0.39 is 88.0 Å². The lowest BCUT2D eigenvalue weighted by Crippen LogP contribution is -2.54.